The molecule has 0 saturated carbocycles. The number of anilines is 2. The van der Waals surface area contributed by atoms with Gasteiger partial charge in [-0.3, -0.25) is 4.90 Å². The van der Waals surface area contributed by atoms with Crippen LogP contribution in [0.25, 0.3) is 0 Å². The molecular weight excluding hydrogens is 292 g/mol. The molecule has 0 atom stereocenters. The molecular formula is C16H24N6O. The molecule has 1 aliphatic heterocycles. The van der Waals surface area contributed by atoms with Crippen LogP contribution in [-0.2, 0) is 6.54 Å². The van der Waals surface area contributed by atoms with Gasteiger partial charge >= 0.3 is 0 Å². The number of aromatic nitrogens is 3. The minimum absolute atomic E-state index is 0.711. The van der Waals surface area contributed by atoms with Gasteiger partial charge < -0.3 is 14.7 Å². The van der Waals surface area contributed by atoms with Crippen LogP contribution in [0.5, 0.6) is 0 Å². The van der Waals surface area contributed by atoms with Crippen LogP contribution in [-0.4, -0.2) is 52.7 Å². The van der Waals surface area contributed by atoms with Gasteiger partial charge in [0, 0.05) is 57.1 Å². The van der Waals surface area contributed by atoms with Crippen LogP contribution in [0.15, 0.2) is 16.7 Å². The van der Waals surface area contributed by atoms with Crippen molar-refractivity contribution in [3.05, 3.63) is 29.3 Å². The van der Waals surface area contributed by atoms with Crippen LogP contribution in [0, 0.1) is 13.8 Å². The maximum Gasteiger partial charge on any atom is 0.224 e. The summed E-state index contributed by atoms with van der Waals surface area (Å²) >= 11 is 0. The van der Waals surface area contributed by atoms with Gasteiger partial charge in [-0.25, -0.2) is 4.98 Å². The van der Waals surface area contributed by atoms with Crippen molar-refractivity contribution in [1.82, 2.24) is 20.0 Å². The van der Waals surface area contributed by atoms with E-state index in [1.807, 2.05) is 19.9 Å². The molecule has 0 amide bonds. The van der Waals surface area contributed by atoms with Crippen LogP contribution in [0.3, 0.4) is 0 Å². The predicted octanol–water partition coefficient (Wildman–Crippen LogP) is 1.84. The monoisotopic (exact) mass is 316 g/mol. The van der Waals surface area contributed by atoms with Crippen molar-refractivity contribution in [2.24, 2.45) is 0 Å². The quantitative estimate of drug-likeness (QED) is 0.902. The Bertz CT molecular complexity index is 648. The van der Waals surface area contributed by atoms with Gasteiger partial charge in [-0.15, -0.1) is 0 Å². The normalized spacial score (nSPS) is 15.9. The number of nitrogens with one attached hydrogen (secondary N) is 1. The lowest BCUT2D eigenvalue weighted by atomic mass is 10.2. The second-order valence-corrected chi connectivity index (χ2v) is 5.91. The smallest absolute Gasteiger partial charge is 0.224 e. The van der Waals surface area contributed by atoms with E-state index in [9.17, 15) is 0 Å². The summed E-state index contributed by atoms with van der Waals surface area (Å²) in [7, 11) is 0. The fourth-order valence-electron chi connectivity index (χ4n) is 2.81. The van der Waals surface area contributed by atoms with Crippen molar-refractivity contribution >= 4 is 11.8 Å². The zero-order chi connectivity index (χ0) is 16.2. The fraction of sp³-hybridized carbons (Fsp3) is 0.562. The highest BCUT2D eigenvalue weighted by molar-refractivity contribution is 5.45. The van der Waals surface area contributed by atoms with Crippen molar-refractivity contribution < 1.29 is 4.52 Å². The third-order valence-electron chi connectivity index (χ3n) is 3.93. The Balaban J connectivity index is 1.60. The Labute approximate surface area is 136 Å². The summed E-state index contributed by atoms with van der Waals surface area (Å²) in [4.78, 5) is 13.7. The summed E-state index contributed by atoms with van der Waals surface area (Å²) in [5.74, 6) is 2.58. The van der Waals surface area contributed by atoms with E-state index in [2.05, 4.69) is 43.2 Å². The molecule has 0 unspecified atom stereocenters. The first-order chi connectivity index (χ1) is 11.1. The average Bonchev–Trinajstić information content (AvgIpc) is 2.93. The van der Waals surface area contributed by atoms with Gasteiger partial charge in [-0.2, -0.15) is 4.98 Å². The van der Waals surface area contributed by atoms with E-state index in [-0.39, 0.29) is 0 Å². The molecule has 3 rings (SSSR count). The summed E-state index contributed by atoms with van der Waals surface area (Å²) in [6, 6.07) is 4.06. The Morgan fingerprint density at radius 2 is 1.91 bits per heavy atom. The van der Waals surface area contributed by atoms with Crippen LogP contribution in [0.4, 0.5) is 11.8 Å². The van der Waals surface area contributed by atoms with Crippen molar-refractivity contribution in [2.75, 3.05) is 42.9 Å². The molecule has 0 spiro atoms. The van der Waals surface area contributed by atoms with Crippen molar-refractivity contribution in [3.63, 3.8) is 0 Å². The van der Waals surface area contributed by atoms with Gasteiger partial charge in [-0.1, -0.05) is 5.16 Å². The zero-order valence-electron chi connectivity index (χ0n) is 14.0. The SMILES string of the molecule is CCNc1nc(C)cc(N2CCN(Cc3cc(C)on3)CC2)n1. The van der Waals surface area contributed by atoms with Crippen LogP contribution in [0.2, 0.25) is 0 Å². The summed E-state index contributed by atoms with van der Waals surface area (Å²) < 4.78 is 5.13. The largest absolute Gasteiger partial charge is 0.361 e. The average molecular weight is 316 g/mol. The molecule has 1 N–H and O–H groups in total. The third kappa shape index (κ3) is 3.98. The second-order valence-electron chi connectivity index (χ2n) is 5.91. The Kier molecular flexibility index (Phi) is 4.76. The van der Waals surface area contributed by atoms with E-state index in [1.165, 1.54) is 0 Å². The molecule has 7 nitrogen and oxygen atoms in total. The molecule has 0 radical (unpaired) electrons. The number of nitrogens with zero attached hydrogens (tertiary/aromatic N) is 5. The van der Waals surface area contributed by atoms with E-state index in [0.29, 0.717) is 5.95 Å². The summed E-state index contributed by atoms with van der Waals surface area (Å²) in [5, 5.41) is 7.27. The number of aryl methyl sites for hydroxylation is 2. The molecule has 3 heterocycles. The van der Waals surface area contributed by atoms with Crippen molar-refractivity contribution in [2.45, 2.75) is 27.3 Å². The lowest BCUT2D eigenvalue weighted by Gasteiger charge is -2.35. The summed E-state index contributed by atoms with van der Waals surface area (Å²) in [6.07, 6.45) is 0. The van der Waals surface area contributed by atoms with E-state index in [4.69, 9.17) is 4.52 Å². The highest BCUT2D eigenvalue weighted by Crippen LogP contribution is 2.17. The molecule has 124 valence electrons. The third-order valence-corrected chi connectivity index (χ3v) is 3.93. The molecule has 1 aliphatic rings. The molecule has 0 aromatic carbocycles. The Morgan fingerprint density at radius 3 is 2.57 bits per heavy atom. The first kappa shape index (κ1) is 15.7. The number of piperazine rings is 1. The maximum atomic E-state index is 5.13. The zero-order valence-corrected chi connectivity index (χ0v) is 14.0. The minimum atomic E-state index is 0.711. The first-order valence-electron chi connectivity index (χ1n) is 8.13. The van der Waals surface area contributed by atoms with Crippen LogP contribution >= 0.6 is 0 Å². The predicted molar refractivity (Wildman–Crippen MR) is 89.7 cm³/mol. The van der Waals surface area contributed by atoms with Crippen molar-refractivity contribution in [3.8, 4) is 0 Å². The molecule has 7 heteroatoms. The minimum Gasteiger partial charge on any atom is -0.361 e. The Hall–Kier alpha value is -2.15. The van der Waals surface area contributed by atoms with Gasteiger partial charge in [0.15, 0.2) is 0 Å². The molecule has 0 aliphatic carbocycles. The maximum absolute atomic E-state index is 5.13. The highest BCUT2D eigenvalue weighted by atomic mass is 16.5. The standard InChI is InChI=1S/C16H24N6O/c1-4-17-16-18-12(2)9-15(19-16)22-7-5-21(6-8-22)11-14-10-13(3)23-20-14/h9-10H,4-8,11H2,1-3H3,(H,17,18,19). The van der Waals surface area contributed by atoms with Gasteiger partial charge in [0.2, 0.25) is 5.95 Å². The molecule has 2 aromatic heterocycles. The summed E-state index contributed by atoms with van der Waals surface area (Å²) in [6.45, 7) is 11.6. The molecule has 1 saturated heterocycles. The molecule has 1 fully saturated rings. The molecule has 0 bridgehead atoms. The number of rotatable bonds is 5. The van der Waals surface area contributed by atoms with Crippen molar-refractivity contribution in [1.29, 1.82) is 0 Å². The van der Waals surface area contributed by atoms with Gasteiger partial charge in [0.1, 0.15) is 11.6 Å². The van der Waals surface area contributed by atoms with Crippen LogP contribution in [0.1, 0.15) is 24.1 Å². The second kappa shape index (κ2) is 6.95. The van der Waals surface area contributed by atoms with E-state index in [1.54, 1.807) is 0 Å². The number of hydrogen-bond acceptors (Lipinski definition) is 7. The van der Waals surface area contributed by atoms with E-state index in [0.717, 1.165) is 62.2 Å². The van der Waals surface area contributed by atoms with Gasteiger partial charge in [-0.05, 0) is 20.8 Å². The highest BCUT2D eigenvalue weighted by Gasteiger charge is 2.20. The first-order valence-corrected chi connectivity index (χ1v) is 8.13. The lowest BCUT2D eigenvalue weighted by Crippen LogP contribution is -2.46. The molecule has 23 heavy (non-hydrogen) atoms. The lowest BCUT2D eigenvalue weighted by molar-refractivity contribution is 0.241. The molecule has 2 aromatic rings. The number of hydrogen-bond donors (Lipinski definition) is 1. The summed E-state index contributed by atoms with van der Waals surface area (Å²) in [5.41, 5.74) is 2.00. The van der Waals surface area contributed by atoms with Crippen LogP contribution < -0.4 is 10.2 Å². The van der Waals surface area contributed by atoms with E-state index < -0.39 is 0 Å². The Morgan fingerprint density at radius 1 is 1.13 bits per heavy atom. The van der Waals surface area contributed by atoms with E-state index >= 15 is 0 Å². The topological polar surface area (TPSA) is 70.3 Å². The fourth-order valence-corrected chi connectivity index (χ4v) is 2.81. The van der Waals surface area contributed by atoms with Gasteiger partial charge in [0.05, 0.1) is 5.69 Å². The van der Waals surface area contributed by atoms with Gasteiger partial charge in [0.25, 0.3) is 0 Å².